The number of nitrogens with zero attached hydrogens (tertiary/aromatic N) is 2. The second-order valence-corrected chi connectivity index (χ2v) is 5.25. The maximum atomic E-state index is 11.9. The largest absolute Gasteiger partial charge is 0.467 e. The van der Waals surface area contributed by atoms with Crippen LogP contribution in [-0.2, 0) is 16.0 Å². The van der Waals surface area contributed by atoms with Crippen molar-refractivity contribution in [1.29, 1.82) is 0 Å². The maximum absolute atomic E-state index is 11.9. The predicted octanol–water partition coefficient (Wildman–Crippen LogP) is 1.63. The number of hydrogen-bond donors (Lipinski definition) is 3. The van der Waals surface area contributed by atoms with Crippen molar-refractivity contribution in [2.75, 3.05) is 17.9 Å². The Labute approximate surface area is 125 Å². The predicted molar refractivity (Wildman–Crippen MR) is 82.8 cm³/mol. The SMILES string of the molecule is CCCc1nc(NN)c(C)c(NC(C(=O)OC)C(C)C)n1. The Balaban J connectivity index is 3.15. The van der Waals surface area contributed by atoms with Gasteiger partial charge in [0.25, 0.3) is 0 Å². The third kappa shape index (κ3) is 4.29. The van der Waals surface area contributed by atoms with Gasteiger partial charge in [-0.2, -0.15) is 0 Å². The number of ether oxygens (including phenoxy) is 1. The molecule has 0 bridgehead atoms. The molecule has 7 heteroatoms. The summed E-state index contributed by atoms with van der Waals surface area (Å²) in [6.45, 7) is 7.79. The van der Waals surface area contributed by atoms with Crippen LogP contribution in [0.5, 0.6) is 0 Å². The van der Waals surface area contributed by atoms with Gasteiger partial charge in [0, 0.05) is 12.0 Å². The van der Waals surface area contributed by atoms with Crippen molar-refractivity contribution in [3.05, 3.63) is 11.4 Å². The number of hydrazine groups is 1. The second kappa shape index (κ2) is 7.78. The number of nitrogens with two attached hydrogens (primary N) is 1. The normalized spacial score (nSPS) is 12.1. The average molecular weight is 295 g/mol. The fourth-order valence-corrected chi connectivity index (χ4v) is 1.95. The molecular weight excluding hydrogens is 270 g/mol. The van der Waals surface area contributed by atoms with Crippen LogP contribution in [0.2, 0.25) is 0 Å². The van der Waals surface area contributed by atoms with Gasteiger partial charge in [0.05, 0.1) is 7.11 Å². The minimum Gasteiger partial charge on any atom is -0.467 e. The van der Waals surface area contributed by atoms with Gasteiger partial charge in [0.15, 0.2) is 0 Å². The Morgan fingerprint density at radius 3 is 2.43 bits per heavy atom. The van der Waals surface area contributed by atoms with Gasteiger partial charge >= 0.3 is 5.97 Å². The first-order valence-electron chi connectivity index (χ1n) is 7.13. The lowest BCUT2D eigenvalue weighted by molar-refractivity contribution is -0.142. The fraction of sp³-hybridized carbons (Fsp3) is 0.643. The minimum absolute atomic E-state index is 0.0655. The van der Waals surface area contributed by atoms with E-state index in [-0.39, 0.29) is 11.9 Å². The van der Waals surface area contributed by atoms with E-state index in [1.54, 1.807) is 0 Å². The van der Waals surface area contributed by atoms with Crippen molar-refractivity contribution in [2.24, 2.45) is 11.8 Å². The highest BCUT2D eigenvalue weighted by Crippen LogP contribution is 2.22. The highest BCUT2D eigenvalue weighted by Gasteiger charge is 2.24. The summed E-state index contributed by atoms with van der Waals surface area (Å²) >= 11 is 0. The molecule has 7 nitrogen and oxygen atoms in total. The molecule has 0 radical (unpaired) electrons. The first kappa shape index (κ1) is 17.2. The van der Waals surface area contributed by atoms with Gasteiger partial charge in [0.2, 0.25) is 0 Å². The molecule has 4 N–H and O–H groups in total. The zero-order chi connectivity index (χ0) is 16.0. The van der Waals surface area contributed by atoms with Crippen LogP contribution in [0.3, 0.4) is 0 Å². The summed E-state index contributed by atoms with van der Waals surface area (Å²) in [6.07, 6.45) is 1.67. The van der Waals surface area contributed by atoms with Crippen LogP contribution in [0.4, 0.5) is 11.6 Å². The summed E-state index contributed by atoms with van der Waals surface area (Å²) in [7, 11) is 1.38. The van der Waals surface area contributed by atoms with Crippen LogP contribution in [0.1, 0.15) is 38.6 Å². The molecule has 1 unspecified atom stereocenters. The summed E-state index contributed by atoms with van der Waals surface area (Å²) in [5.74, 6) is 7.10. The molecule has 1 aromatic heterocycles. The lowest BCUT2D eigenvalue weighted by Gasteiger charge is -2.22. The van der Waals surface area contributed by atoms with E-state index in [2.05, 4.69) is 27.6 Å². The molecule has 0 amide bonds. The van der Waals surface area contributed by atoms with Crippen LogP contribution in [0.25, 0.3) is 0 Å². The van der Waals surface area contributed by atoms with E-state index in [1.807, 2.05) is 20.8 Å². The topological polar surface area (TPSA) is 102 Å². The number of nitrogens with one attached hydrogen (secondary N) is 2. The molecule has 0 saturated carbocycles. The lowest BCUT2D eigenvalue weighted by atomic mass is 10.0. The average Bonchev–Trinajstić information content (AvgIpc) is 2.46. The van der Waals surface area contributed by atoms with Crippen molar-refractivity contribution in [2.45, 2.75) is 46.6 Å². The maximum Gasteiger partial charge on any atom is 0.328 e. The number of esters is 1. The van der Waals surface area contributed by atoms with Crippen molar-refractivity contribution >= 4 is 17.6 Å². The zero-order valence-electron chi connectivity index (χ0n) is 13.4. The third-order valence-corrected chi connectivity index (χ3v) is 3.22. The molecule has 0 aliphatic heterocycles. The molecule has 0 aromatic carbocycles. The number of anilines is 2. The Morgan fingerprint density at radius 2 is 1.95 bits per heavy atom. The summed E-state index contributed by atoms with van der Waals surface area (Å²) in [6, 6.07) is -0.469. The summed E-state index contributed by atoms with van der Waals surface area (Å²) < 4.78 is 4.83. The Bertz CT molecular complexity index is 490. The number of carbonyl (C=O) groups excluding carboxylic acids is 1. The minimum atomic E-state index is -0.469. The smallest absolute Gasteiger partial charge is 0.328 e. The van der Waals surface area contributed by atoms with Gasteiger partial charge in [0.1, 0.15) is 23.5 Å². The quantitative estimate of drug-likeness (QED) is 0.399. The van der Waals surface area contributed by atoms with Crippen molar-refractivity contribution in [3.8, 4) is 0 Å². The van der Waals surface area contributed by atoms with E-state index in [9.17, 15) is 4.79 Å². The number of carbonyl (C=O) groups is 1. The first-order chi connectivity index (χ1) is 9.94. The molecule has 1 heterocycles. The summed E-state index contributed by atoms with van der Waals surface area (Å²) in [5, 5.41) is 3.15. The fourth-order valence-electron chi connectivity index (χ4n) is 1.95. The van der Waals surface area contributed by atoms with E-state index >= 15 is 0 Å². The Hall–Kier alpha value is -1.89. The van der Waals surface area contributed by atoms with Gasteiger partial charge in [-0.1, -0.05) is 20.8 Å². The number of hydrogen-bond acceptors (Lipinski definition) is 7. The molecule has 1 atom stereocenters. The third-order valence-electron chi connectivity index (χ3n) is 3.22. The molecule has 1 aromatic rings. The Kier molecular flexibility index (Phi) is 6.36. The molecule has 0 aliphatic carbocycles. The van der Waals surface area contributed by atoms with E-state index < -0.39 is 6.04 Å². The van der Waals surface area contributed by atoms with E-state index in [0.717, 1.165) is 18.4 Å². The lowest BCUT2D eigenvalue weighted by Crippen LogP contribution is -2.36. The molecule has 0 saturated heterocycles. The molecule has 21 heavy (non-hydrogen) atoms. The summed E-state index contributed by atoms with van der Waals surface area (Å²) in [5.41, 5.74) is 3.34. The monoisotopic (exact) mass is 295 g/mol. The van der Waals surface area contributed by atoms with Crippen molar-refractivity contribution in [1.82, 2.24) is 9.97 Å². The van der Waals surface area contributed by atoms with Gasteiger partial charge in [-0.15, -0.1) is 0 Å². The number of rotatable bonds is 7. The summed E-state index contributed by atoms with van der Waals surface area (Å²) in [4.78, 5) is 20.7. The molecule has 1 rings (SSSR count). The molecular formula is C14H25N5O2. The van der Waals surface area contributed by atoms with E-state index in [1.165, 1.54) is 7.11 Å². The molecule has 118 valence electrons. The highest BCUT2D eigenvalue weighted by atomic mass is 16.5. The van der Waals surface area contributed by atoms with Gasteiger partial charge in [-0.25, -0.2) is 20.6 Å². The Morgan fingerprint density at radius 1 is 1.33 bits per heavy atom. The van der Waals surface area contributed by atoms with E-state index in [4.69, 9.17) is 10.6 Å². The van der Waals surface area contributed by atoms with Gasteiger partial charge in [-0.05, 0) is 19.3 Å². The number of aryl methyl sites for hydroxylation is 1. The number of aromatic nitrogens is 2. The van der Waals surface area contributed by atoms with Crippen LogP contribution >= 0.6 is 0 Å². The molecule has 0 aliphatic rings. The van der Waals surface area contributed by atoms with Crippen LogP contribution in [-0.4, -0.2) is 29.1 Å². The van der Waals surface area contributed by atoms with Gasteiger partial charge in [-0.3, -0.25) is 0 Å². The van der Waals surface area contributed by atoms with Crippen molar-refractivity contribution < 1.29 is 9.53 Å². The number of nitrogen functional groups attached to an aromatic ring is 1. The van der Waals surface area contributed by atoms with Crippen molar-refractivity contribution in [3.63, 3.8) is 0 Å². The molecule has 0 spiro atoms. The standard InChI is InChI=1S/C14H25N5O2/c1-6-7-10-16-12(9(4)13(17-10)19-15)18-11(8(2)3)14(20)21-5/h8,11H,6-7,15H2,1-5H3,(H2,16,17,18,19). The van der Waals surface area contributed by atoms with Gasteiger partial charge < -0.3 is 15.5 Å². The van der Waals surface area contributed by atoms with Crippen LogP contribution in [0, 0.1) is 12.8 Å². The number of methoxy groups -OCH3 is 1. The van der Waals surface area contributed by atoms with E-state index in [0.29, 0.717) is 17.5 Å². The first-order valence-corrected chi connectivity index (χ1v) is 7.13. The highest BCUT2D eigenvalue weighted by molar-refractivity contribution is 5.79. The van der Waals surface area contributed by atoms with Crippen LogP contribution in [0.15, 0.2) is 0 Å². The molecule has 0 fully saturated rings. The second-order valence-electron chi connectivity index (χ2n) is 5.25. The van der Waals surface area contributed by atoms with Crippen LogP contribution < -0.4 is 16.6 Å². The zero-order valence-corrected chi connectivity index (χ0v) is 13.4.